The molecule has 2 heterocycles. The van der Waals surface area contributed by atoms with E-state index in [9.17, 15) is 18.0 Å². The maximum Gasteiger partial charge on any atom is 0.298 e. The van der Waals surface area contributed by atoms with Crippen molar-refractivity contribution in [2.45, 2.75) is 6.42 Å². The molecule has 1 aromatic heterocycles. The van der Waals surface area contributed by atoms with Crippen LogP contribution in [0.1, 0.15) is 12.1 Å². The van der Waals surface area contributed by atoms with Gasteiger partial charge in [-0.1, -0.05) is 6.08 Å². The standard InChI is InChI=1S/C14H15BrFN7O4S/c15-10-6-8(3-4-11(10)16)19-14(20-24)12-13(22-27-21-12)18-7-9-2-1-5-23(9)28(17,25)26/h2-4,6,24H,1,5,7H2,(H,18,22)(H,19,20)(H2,17,25,26). The van der Waals surface area contributed by atoms with E-state index in [4.69, 9.17) is 5.14 Å². The molecule has 1 aliphatic rings. The summed E-state index contributed by atoms with van der Waals surface area (Å²) >= 11 is 3.05. The van der Waals surface area contributed by atoms with E-state index in [1.165, 1.54) is 18.2 Å². The first kappa shape index (κ1) is 20.2. The van der Waals surface area contributed by atoms with Crippen molar-refractivity contribution in [2.24, 2.45) is 10.1 Å². The van der Waals surface area contributed by atoms with Crippen LogP contribution in [0.15, 0.2) is 44.1 Å². The normalized spacial score (nSPS) is 14.9. The van der Waals surface area contributed by atoms with E-state index < -0.39 is 16.0 Å². The fraction of sp³-hybridized carbons (Fsp3) is 0.214. The highest BCUT2D eigenvalue weighted by molar-refractivity contribution is 9.10. The van der Waals surface area contributed by atoms with Gasteiger partial charge in [-0.05, 0) is 50.9 Å². The zero-order valence-corrected chi connectivity index (χ0v) is 16.5. The van der Waals surface area contributed by atoms with E-state index >= 15 is 0 Å². The molecule has 1 aromatic carbocycles. The minimum atomic E-state index is -3.87. The number of benzene rings is 1. The number of halogens is 2. The summed E-state index contributed by atoms with van der Waals surface area (Å²) in [6.45, 7) is 0.322. The van der Waals surface area contributed by atoms with Gasteiger partial charge in [-0.25, -0.2) is 19.2 Å². The van der Waals surface area contributed by atoms with Crippen LogP contribution in [-0.2, 0) is 10.2 Å². The molecule has 28 heavy (non-hydrogen) atoms. The van der Waals surface area contributed by atoms with Gasteiger partial charge in [-0.2, -0.15) is 8.42 Å². The Balaban J connectivity index is 1.80. The van der Waals surface area contributed by atoms with Crippen molar-refractivity contribution in [1.82, 2.24) is 20.1 Å². The van der Waals surface area contributed by atoms with Crippen molar-refractivity contribution < 1.29 is 22.6 Å². The highest BCUT2D eigenvalue weighted by atomic mass is 79.9. The smallest absolute Gasteiger partial charge is 0.298 e. The molecule has 14 heteroatoms. The number of anilines is 1. The first-order chi connectivity index (χ1) is 13.3. The number of nitrogens with zero attached hydrogens (tertiary/aromatic N) is 4. The molecule has 5 N–H and O–H groups in total. The van der Waals surface area contributed by atoms with E-state index in [0.29, 0.717) is 17.8 Å². The van der Waals surface area contributed by atoms with E-state index in [2.05, 4.69) is 41.2 Å². The minimum Gasteiger partial charge on any atom is -0.360 e. The SMILES string of the molecule is NS(=O)(=O)N1CCC=C1CNc1nonc1C(=Nc1ccc(F)c(Br)c1)NO. The second-order valence-corrected chi connectivity index (χ2v) is 7.91. The van der Waals surface area contributed by atoms with E-state index in [-0.39, 0.29) is 34.9 Å². The van der Waals surface area contributed by atoms with Gasteiger partial charge in [0, 0.05) is 12.2 Å². The number of nitrogens with one attached hydrogen (secondary N) is 2. The molecule has 11 nitrogen and oxygen atoms in total. The largest absolute Gasteiger partial charge is 0.360 e. The van der Waals surface area contributed by atoms with Gasteiger partial charge in [0.25, 0.3) is 10.2 Å². The predicted molar refractivity (Wildman–Crippen MR) is 101 cm³/mol. The summed E-state index contributed by atoms with van der Waals surface area (Å²) in [5.74, 6) is -0.484. The number of rotatable bonds is 6. The zero-order chi connectivity index (χ0) is 20.3. The number of hydrogen-bond donors (Lipinski definition) is 4. The molecular formula is C14H15BrFN7O4S. The van der Waals surface area contributed by atoms with Gasteiger partial charge >= 0.3 is 0 Å². The van der Waals surface area contributed by atoms with Crippen molar-refractivity contribution in [1.29, 1.82) is 0 Å². The Hall–Kier alpha value is -2.55. The highest BCUT2D eigenvalue weighted by Gasteiger charge is 2.25. The molecule has 0 spiro atoms. The van der Waals surface area contributed by atoms with Crippen LogP contribution in [0.5, 0.6) is 0 Å². The number of amidine groups is 1. The molecule has 0 aliphatic carbocycles. The summed E-state index contributed by atoms with van der Waals surface area (Å²) < 4.78 is 42.4. The lowest BCUT2D eigenvalue weighted by Crippen LogP contribution is -2.36. The Morgan fingerprint density at radius 3 is 2.93 bits per heavy atom. The monoisotopic (exact) mass is 475 g/mol. The average molecular weight is 476 g/mol. The van der Waals surface area contributed by atoms with Crippen LogP contribution in [0.25, 0.3) is 0 Å². The van der Waals surface area contributed by atoms with Crippen molar-refractivity contribution in [3.8, 4) is 0 Å². The molecule has 0 radical (unpaired) electrons. The number of hydroxylamine groups is 1. The summed E-state index contributed by atoms with van der Waals surface area (Å²) in [5.41, 5.74) is 2.67. The van der Waals surface area contributed by atoms with Crippen LogP contribution >= 0.6 is 15.9 Å². The lowest BCUT2D eigenvalue weighted by Gasteiger charge is -2.19. The Labute approximate surface area is 167 Å². The van der Waals surface area contributed by atoms with Crippen LogP contribution in [0.3, 0.4) is 0 Å². The molecule has 0 atom stereocenters. The van der Waals surface area contributed by atoms with Gasteiger partial charge in [0.05, 0.1) is 16.7 Å². The topological polar surface area (TPSA) is 159 Å². The maximum atomic E-state index is 13.4. The van der Waals surface area contributed by atoms with Gasteiger partial charge in [-0.15, -0.1) is 0 Å². The van der Waals surface area contributed by atoms with Crippen molar-refractivity contribution in [3.63, 3.8) is 0 Å². The van der Waals surface area contributed by atoms with Gasteiger partial charge in [0.1, 0.15) is 5.82 Å². The van der Waals surface area contributed by atoms with Crippen LogP contribution in [-0.4, -0.2) is 47.2 Å². The Morgan fingerprint density at radius 1 is 1.46 bits per heavy atom. The quantitative estimate of drug-likeness (QED) is 0.275. The van der Waals surface area contributed by atoms with Crippen molar-refractivity contribution >= 4 is 43.5 Å². The van der Waals surface area contributed by atoms with Crippen LogP contribution in [0.4, 0.5) is 15.9 Å². The summed E-state index contributed by atoms with van der Waals surface area (Å²) in [6, 6.07) is 4.00. The Kier molecular flexibility index (Phi) is 5.93. The zero-order valence-electron chi connectivity index (χ0n) is 14.1. The average Bonchev–Trinajstić information content (AvgIpc) is 3.29. The number of nitrogens with two attached hydrogens (primary N) is 1. The lowest BCUT2D eigenvalue weighted by atomic mass is 10.3. The van der Waals surface area contributed by atoms with Gasteiger partial charge < -0.3 is 5.32 Å². The third-order valence-electron chi connectivity index (χ3n) is 3.74. The minimum absolute atomic E-state index is 0.0312. The highest BCUT2D eigenvalue weighted by Crippen LogP contribution is 2.24. The van der Waals surface area contributed by atoms with Crippen LogP contribution < -0.4 is 15.9 Å². The van der Waals surface area contributed by atoms with Crippen molar-refractivity contribution in [2.75, 3.05) is 18.4 Å². The lowest BCUT2D eigenvalue weighted by molar-refractivity contribution is 0.234. The molecule has 2 aromatic rings. The fourth-order valence-corrected chi connectivity index (χ4v) is 3.69. The molecule has 0 bridgehead atoms. The van der Waals surface area contributed by atoms with Crippen LogP contribution in [0.2, 0.25) is 0 Å². The third kappa shape index (κ3) is 4.46. The molecule has 3 rings (SSSR count). The molecule has 0 saturated carbocycles. The van der Waals surface area contributed by atoms with E-state index in [1.54, 1.807) is 6.08 Å². The molecule has 0 saturated heterocycles. The second-order valence-electron chi connectivity index (χ2n) is 5.59. The number of aliphatic imine (C=N–C) groups is 1. The summed E-state index contributed by atoms with van der Waals surface area (Å²) in [6.07, 6.45) is 2.25. The van der Waals surface area contributed by atoms with Crippen molar-refractivity contribution in [3.05, 3.63) is 46.0 Å². The molecular weight excluding hydrogens is 461 g/mol. The molecule has 0 amide bonds. The Bertz CT molecular complexity index is 1040. The summed E-state index contributed by atoms with van der Waals surface area (Å²) in [4.78, 5) is 4.13. The first-order valence-corrected chi connectivity index (χ1v) is 10.1. The van der Waals surface area contributed by atoms with Gasteiger partial charge in [0.15, 0.2) is 11.5 Å². The first-order valence-electron chi connectivity index (χ1n) is 7.79. The van der Waals surface area contributed by atoms with E-state index in [0.717, 1.165) is 4.31 Å². The second kappa shape index (κ2) is 8.22. The maximum absolute atomic E-state index is 13.4. The molecule has 1 aliphatic heterocycles. The molecule has 0 unspecified atom stereocenters. The molecule has 150 valence electrons. The van der Waals surface area contributed by atoms with Gasteiger partial charge in [-0.3, -0.25) is 15.0 Å². The number of aromatic nitrogens is 2. The summed E-state index contributed by atoms with van der Waals surface area (Å²) in [5, 5.41) is 24.8. The number of hydrogen-bond acceptors (Lipinski definition) is 8. The Morgan fingerprint density at radius 2 is 2.25 bits per heavy atom. The third-order valence-corrected chi connectivity index (χ3v) is 5.38. The van der Waals surface area contributed by atoms with Crippen LogP contribution in [0, 0.1) is 5.82 Å². The predicted octanol–water partition coefficient (Wildman–Crippen LogP) is 1.23. The van der Waals surface area contributed by atoms with E-state index in [1.807, 2.05) is 5.48 Å². The van der Waals surface area contributed by atoms with Gasteiger partial charge in [0.2, 0.25) is 5.82 Å². The molecule has 0 fully saturated rings. The summed E-state index contributed by atoms with van der Waals surface area (Å²) in [7, 11) is -3.87. The fourth-order valence-electron chi connectivity index (χ4n) is 2.49.